The largest absolute Gasteiger partial charge is 0.394 e. The van der Waals surface area contributed by atoms with Crippen LogP contribution in [0, 0.1) is 0 Å². The maximum absolute atomic E-state index is 11.6. The number of ether oxygens (including phenoxy) is 1. The molecule has 0 aromatic carbocycles. The summed E-state index contributed by atoms with van der Waals surface area (Å²) >= 11 is 3.77. The molecule has 3 heterocycles. The summed E-state index contributed by atoms with van der Waals surface area (Å²) in [7, 11) is 0. The third kappa shape index (κ3) is 2.14. The molecule has 118 valence electrons. The van der Waals surface area contributed by atoms with E-state index in [0.717, 1.165) is 0 Å². The Kier molecular flexibility index (Phi) is 3.74. The molecule has 0 saturated carbocycles. The second kappa shape index (κ2) is 5.44. The molecule has 1 saturated heterocycles. The second-order valence-electron chi connectivity index (χ2n) is 4.86. The molecule has 0 radical (unpaired) electrons. The summed E-state index contributed by atoms with van der Waals surface area (Å²) in [6, 6.07) is 0. The van der Waals surface area contributed by atoms with Gasteiger partial charge in [-0.1, -0.05) is 0 Å². The molecule has 4 atom stereocenters. The molecule has 1 fully saturated rings. The van der Waals surface area contributed by atoms with E-state index in [0.29, 0.717) is 0 Å². The topological polar surface area (TPSA) is 157 Å². The lowest BCUT2D eigenvalue weighted by molar-refractivity contribution is -0.0509. The average Bonchev–Trinajstić information content (AvgIpc) is 3.00. The van der Waals surface area contributed by atoms with Gasteiger partial charge in [0.05, 0.1) is 17.6 Å². The summed E-state index contributed by atoms with van der Waals surface area (Å²) in [4.78, 5) is 11.6. The fourth-order valence-corrected chi connectivity index (χ4v) is 2.67. The van der Waals surface area contributed by atoms with Gasteiger partial charge in [0.2, 0.25) is 5.12 Å². The minimum atomic E-state index is -1.33. The highest BCUT2D eigenvalue weighted by Gasteiger charge is 2.44. The van der Waals surface area contributed by atoms with Gasteiger partial charge >= 0.3 is 0 Å². The van der Waals surface area contributed by atoms with Gasteiger partial charge < -0.3 is 30.4 Å². The number of anilines is 1. The molecule has 1 aliphatic heterocycles. The molecular weight excluding hydrogens is 314 g/mol. The number of thiol groups is 1. The van der Waals surface area contributed by atoms with E-state index >= 15 is 0 Å². The third-order valence-corrected chi connectivity index (χ3v) is 3.82. The van der Waals surface area contributed by atoms with Crippen molar-refractivity contribution in [2.45, 2.75) is 24.5 Å². The summed E-state index contributed by atoms with van der Waals surface area (Å²) in [5.74, 6) is -0.0205. The van der Waals surface area contributed by atoms with E-state index in [1.165, 1.54) is 10.8 Å². The van der Waals surface area contributed by atoms with Crippen LogP contribution >= 0.6 is 12.6 Å². The fourth-order valence-electron chi connectivity index (χ4n) is 2.50. The van der Waals surface area contributed by atoms with Gasteiger partial charge in [-0.25, -0.2) is 0 Å². The first-order valence-corrected chi connectivity index (χ1v) is 6.75. The van der Waals surface area contributed by atoms with Gasteiger partial charge in [-0.3, -0.25) is 4.79 Å². The van der Waals surface area contributed by atoms with Crippen LogP contribution in [0.15, 0.2) is 6.20 Å². The van der Waals surface area contributed by atoms with E-state index in [1.807, 2.05) is 0 Å². The molecule has 2 aromatic heterocycles. The smallest absolute Gasteiger partial charge is 0.218 e. The van der Waals surface area contributed by atoms with Crippen molar-refractivity contribution in [1.29, 1.82) is 0 Å². The number of nitrogen functional groups attached to an aromatic ring is 1. The molecule has 0 bridgehead atoms. The number of hydrogen-bond donors (Lipinski definition) is 5. The van der Waals surface area contributed by atoms with E-state index < -0.39 is 36.3 Å². The normalized spacial score (nSPS) is 28.4. The van der Waals surface area contributed by atoms with Gasteiger partial charge in [-0.2, -0.15) is 0 Å². The Labute approximate surface area is 128 Å². The molecule has 10 nitrogen and oxygen atoms in total. The van der Waals surface area contributed by atoms with Crippen molar-refractivity contribution >= 4 is 34.6 Å². The molecule has 3 rings (SSSR count). The predicted molar refractivity (Wildman–Crippen MR) is 76.1 cm³/mol. The number of aromatic nitrogens is 4. The van der Waals surface area contributed by atoms with Crippen LogP contribution in [0.5, 0.6) is 0 Å². The number of rotatable bonds is 3. The number of aliphatic hydroxyl groups excluding tert-OH is 3. The molecule has 5 N–H and O–H groups in total. The zero-order valence-corrected chi connectivity index (χ0v) is 12.0. The molecular formula is C11H13N5O5S. The van der Waals surface area contributed by atoms with Crippen LogP contribution in [-0.2, 0) is 4.74 Å². The molecule has 0 spiro atoms. The zero-order chi connectivity index (χ0) is 16.0. The number of nitrogens with zero attached hydrogens (tertiary/aromatic N) is 4. The number of carbonyl (C=O) groups is 1. The number of nitrogens with two attached hydrogens (primary N) is 1. The van der Waals surface area contributed by atoms with Gasteiger partial charge in [0.1, 0.15) is 18.3 Å². The van der Waals surface area contributed by atoms with E-state index in [9.17, 15) is 15.0 Å². The maximum atomic E-state index is 11.6. The first-order valence-electron chi connectivity index (χ1n) is 6.30. The highest BCUT2D eigenvalue weighted by molar-refractivity contribution is 7.97. The first-order chi connectivity index (χ1) is 10.5. The summed E-state index contributed by atoms with van der Waals surface area (Å²) < 4.78 is 6.72. The van der Waals surface area contributed by atoms with Gasteiger partial charge in [0.25, 0.3) is 0 Å². The van der Waals surface area contributed by atoms with E-state index in [4.69, 9.17) is 15.6 Å². The summed E-state index contributed by atoms with van der Waals surface area (Å²) in [6.07, 6.45) is -3.29. The highest BCUT2D eigenvalue weighted by Crippen LogP contribution is 2.34. The van der Waals surface area contributed by atoms with Crippen LogP contribution in [0.2, 0.25) is 0 Å². The Hall–Kier alpha value is -1.79. The van der Waals surface area contributed by atoms with Crippen LogP contribution in [0.25, 0.3) is 11.0 Å². The summed E-state index contributed by atoms with van der Waals surface area (Å²) in [5.41, 5.74) is 5.99. The standard InChI is InChI=1S/C11H13N5O5S/c12-8-5-3(11(20)22)1-16(9(5)14-15-13-8)10-7(19)6(18)4(2-17)21-10/h1,4,6-7,10,17-19H,2H2,(H,20,22)(H2,12,13,14)/t4-,6-,7-,10-/m1/s1. The van der Waals surface area contributed by atoms with E-state index in [1.54, 1.807) is 0 Å². The van der Waals surface area contributed by atoms with Crippen LogP contribution in [0.4, 0.5) is 5.82 Å². The zero-order valence-electron chi connectivity index (χ0n) is 11.1. The Morgan fingerprint density at radius 1 is 1.41 bits per heavy atom. The Morgan fingerprint density at radius 3 is 2.73 bits per heavy atom. The molecule has 1 aliphatic rings. The lowest BCUT2D eigenvalue weighted by atomic mass is 10.1. The first kappa shape index (κ1) is 15.1. The van der Waals surface area contributed by atoms with Gasteiger partial charge in [0.15, 0.2) is 17.7 Å². The lowest BCUT2D eigenvalue weighted by Crippen LogP contribution is -2.33. The van der Waals surface area contributed by atoms with Crippen molar-refractivity contribution in [2.75, 3.05) is 12.3 Å². The maximum Gasteiger partial charge on any atom is 0.218 e. The molecule has 0 amide bonds. The summed E-state index contributed by atoms with van der Waals surface area (Å²) in [5, 5.41) is 39.6. The van der Waals surface area contributed by atoms with Crippen LogP contribution in [-0.4, -0.2) is 65.3 Å². The number of fused-ring (bicyclic) bond motifs is 1. The highest BCUT2D eigenvalue weighted by atomic mass is 32.1. The molecule has 0 aliphatic carbocycles. The minimum Gasteiger partial charge on any atom is -0.394 e. The number of carbonyl (C=O) groups excluding carboxylic acids is 1. The van der Waals surface area contributed by atoms with Crippen LogP contribution < -0.4 is 5.73 Å². The molecule has 2 aromatic rings. The van der Waals surface area contributed by atoms with Gasteiger partial charge in [-0.05, 0) is 5.21 Å². The Balaban J connectivity index is 2.16. The average molecular weight is 327 g/mol. The van der Waals surface area contributed by atoms with Crippen molar-refractivity contribution < 1.29 is 24.9 Å². The number of aliphatic hydroxyl groups is 3. The van der Waals surface area contributed by atoms with E-state index in [2.05, 4.69) is 28.0 Å². The molecule has 11 heteroatoms. The Morgan fingerprint density at radius 2 is 2.14 bits per heavy atom. The van der Waals surface area contributed by atoms with Crippen molar-refractivity contribution in [3.05, 3.63) is 11.8 Å². The van der Waals surface area contributed by atoms with E-state index in [-0.39, 0.29) is 22.4 Å². The lowest BCUT2D eigenvalue weighted by Gasteiger charge is -2.16. The molecule has 0 unspecified atom stereocenters. The number of hydrogen-bond acceptors (Lipinski definition) is 9. The van der Waals surface area contributed by atoms with Crippen LogP contribution in [0.1, 0.15) is 16.6 Å². The van der Waals surface area contributed by atoms with Crippen LogP contribution in [0.3, 0.4) is 0 Å². The SMILES string of the molecule is Nc1nnnc2c1c(C(=O)S)cn2[C@@H]1O[C@H](CO)[C@@H](O)[C@H]1O. The van der Waals surface area contributed by atoms with Crippen molar-refractivity contribution in [2.24, 2.45) is 0 Å². The fraction of sp³-hybridized carbons (Fsp3) is 0.455. The monoisotopic (exact) mass is 327 g/mol. The third-order valence-electron chi connectivity index (χ3n) is 3.58. The minimum absolute atomic E-state index is 0.0205. The van der Waals surface area contributed by atoms with Crippen molar-refractivity contribution in [1.82, 2.24) is 20.0 Å². The quantitative estimate of drug-likeness (QED) is 0.406. The predicted octanol–water partition coefficient (Wildman–Crippen LogP) is -1.91. The second-order valence-corrected chi connectivity index (χ2v) is 5.26. The molecule has 22 heavy (non-hydrogen) atoms. The Bertz CT molecular complexity index is 737. The summed E-state index contributed by atoms with van der Waals surface area (Å²) in [6.45, 7) is -0.471. The van der Waals surface area contributed by atoms with Gasteiger partial charge in [-0.15, -0.1) is 22.8 Å². The van der Waals surface area contributed by atoms with Gasteiger partial charge in [0, 0.05) is 6.20 Å². The van der Waals surface area contributed by atoms with Crippen molar-refractivity contribution in [3.63, 3.8) is 0 Å². The van der Waals surface area contributed by atoms with Crippen molar-refractivity contribution in [3.8, 4) is 0 Å².